The quantitative estimate of drug-likeness (QED) is 0.787. The van der Waals surface area contributed by atoms with Gasteiger partial charge < -0.3 is 9.47 Å². The number of esters is 1. The van der Waals surface area contributed by atoms with Gasteiger partial charge in [0.2, 0.25) is 10.0 Å². The zero-order valence-corrected chi connectivity index (χ0v) is 11.9. The highest BCUT2D eigenvalue weighted by Crippen LogP contribution is 2.16. The fourth-order valence-corrected chi connectivity index (χ4v) is 2.55. The molecule has 1 rings (SSSR count). The second-order valence-corrected chi connectivity index (χ2v) is 5.83. The summed E-state index contributed by atoms with van der Waals surface area (Å²) in [5.41, 5.74) is 0. The number of nitrogens with one attached hydrogen (secondary N) is 1. The Balaban J connectivity index is 2.74. The molecule has 0 heterocycles. The maximum Gasteiger partial charge on any atom is 0.343 e. The highest BCUT2D eigenvalue weighted by Gasteiger charge is 2.15. The lowest BCUT2D eigenvalue weighted by Gasteiger charge is -2.10. The molecular weight excluding hydrogens is 270 g/mol. The van der Waals surface area contributed by atoms with Gasteiger partial charge in [0.1, 0.15) is 5.75 Å². The Morgan fingerprint density at radius 1 is 1.26 bits per heavy atom. The van der Waals surface area contributed by atoms with E-state index in [9.17, 15) is 13.2 Å². The van der Waals surface area contributed by atoms with Crippen molar-refractivity contribution in [3.63, 3.8) is 0 Å². The molecule has 0 aliphatic heterocycles. The van der Waals surface area contributed by atoms with E-state index in [1.54, 1.807) is 13.8 Å². The van der Waals surface area contributed by atoms with Crippen molar-refractivity contribution in [2.45, 2.75) is 24.8 Å². The Kier molecular flexibility index (Phi) is 5.31. The third-order valence-electron chi connectivity index (χ3n) is 2.11. The summed E-state index contributed by atoms with van der Waals surface area (Å²) in [6, 6.07) is 5.62. The molecule has 0 spiro atoms. The summed E-state index contributed by atoms with van der Waals surface area (Å²) in [5, 5.41) is 0. The van der Waals surface area contributed by atoms with E-state index < -0.39 is 16.0 Å². The molecule has 7 heteroatoms. The molecule has 1 N–H and O–H groups in total. The molecule has 0 aromatic heterocycles. The van der Waals surface area contributed by atoms with Crippen LogP contribution < -0.4 is 9.46 Å². The molecule has 0 amide bonds. The number of ether oxygens (including phenoxy) is 2. The maximum absolute atomic E-state index is 11.8. The summed E-state index contributed by atoms with van der Waals surface area (Å²) >= 11 is 0. The summed E-state index contributed by atoms with van der Waals surface area (Å²) in [6.45, 7) is 3.27. The molecule has 1 aromatic rings. The first-order chi connectivity index (χ1) is 8.85. The molecule has 0 aliphatic rings. The molecule has 0 saturated carbocycles. The number of carbonyl (C=O) groups excluding carboxylic acids is 1. The molecule has 19 heavy (non-hydrogen) atoms. The van der Waals surface area contributed by atoms with Crippen LogP contribution in [0.4, 0.5) is 0 Å². The SMILES string of the molecule is COC(=O)COc1ccc(S(=O)(=O)NC(C)C)cc1. The van der Waals surface area contributed by atoms with Crippen LogP contribution in [0.25, 0.3) is 0 Å². The standard InChI is InChI=1S/C12H17NO5S/c1-9(2)13-19(15,16)11-6-4-10(5-7-11)18-8-12(14)17-3/h4-7,9,13H,8H2,1-3H3. The monoisotopic (exact) mass is 287 g/mol. The van der Waals surface area contributed by atoms with Gasteiger partial charge in [0.25, 0.3) is 0 Å². The molecule has 0 fully saturated rings. The smallest absolute Gasteiger partial charge is 0.343 e. The minimum Gasteiger partial charge on any atom is -0.482 e. The third-order valence-corrected chi connectivity index (χ3v) is 3.78. The third kappa shape index (κ3) is 4.88. The van der Waals surface area contributed by atoms with Crippen LogP contribution >= 0.6 is 0 Å². The van der Waals surface area contributed by atoms with E-state index in [2.05, 4.69) is 9.46 Å². The van der Waals surface area contributed by atoms with Crippen LogP contribution in [0.5, 0.6) is 5.75 Å². The van der Waals surface area contributed by atoms with Gasteiger partial charge in [0.15, 0.2) is 6.61 Å². The van der Waals surface area contributed by atoms with Gasteiger partial charge in [-0.05, 0) is 38.1 Å². The van der Waals surface area contributed by atoms with E-state index in [-0.39, 0.29) is 17.5 Å². The average Bonchev–Trinajstić information content (AvgIpc) is 2.35. The van der Waals surface area contributed by atoms with Gasteiger partial charge in [-0.15, -0.1) is 0 Å². The molecule has 6 nitrogen and oxygen atoms in total. The van der Waals surface area contributed by atoms with E-state index >= 15 is 0 Å². The van der Waals surface area contributed by atoms with Crippen molar-refractivity contribution in [1.29, 1.82) is 0 Å². The van der Waals surface area contributed by atoms with Gasteiger partial charge in [0.05, 0.1) is 12.0 Å². The zero-order valence-electron chi connectivity index (χ0n) is 11.0. The number of rotatable bonds is 6. The van der Waals surface area contributed by atoms with E-state index in [0.717, 1.165) is 0 Å². The second-order valence-electron chi connectivity index (χ2n) is 4.11. The van der Waals surface area contributed by atoms with Crippen molar-refractivity contribution in [3.05, 3.63) is 24.3 Å². The number of sulfonamides is 1. The van der Waals surface area contributed by atoms with Crippen molar-refractivity contribution in [1.82, 2.24) is 4.72 Å². The molecule has 0 atom stereocenters. The molecule has 1 aromatic carbocycles. The fourth-order valence-electron chi connectivity index (χ4n) is 1.29. The Bertz CT molecular complexity index is 522. The van der Waals surface area contributed by atoms with Crippen molar-refractivity contribution >= 4 is 16.0 Å². The van der Waals surface area contributed by atoms with Crippen molar-refractivity contribution in [2.75, 3.05) is 13.7 Å². The molecule has 0 unspecified atom stereocenters. The zero-order chi connectivity index (χ0) is 14.5. The maximum atomic E-state index is 11.8. The van der Waals surface area contributed by atoms with E-state index in [1.165, 1.54) is 31.4 Å². The predicted octanol–water partition coefficient (Wildman–Crippen LogP) is 0.925. The molecule has 0 bridgehead atoms. The largest absolute Gasteiger partial charge is 0.482 e. The Labute approximate surface area is 112 Å². The summed E-state index contributed by atoms with van der Waals surface area (Å²) in [5.74, 6) is -0.105. The van der Waals surface area contributed by atoms with Crippen LogP contribution in [0.2, 0.25) is 0 Å². The van der Waals surface area contributed by atoms with Crippen LogP contribution in [0.3, 0.4) is 0 Å². The first-order valence-corrected chi connectivity index (χ1v) is 7.15. The average molecular weight is 287 g/mol. The summed E-state index contributed by atoms with van der Waals surface area (Å²) < 4.78 is 35.7. The van der Waals surface area contributed by atoms with Crippen LogP contribution in [0, 0.1) is 0 Å². The molecule has 0 saturated heterocycles. The molecule has 0 aliphatic carbocycles. The predicted molar refractivity (Wildman–Crippen MR) is 69.4 cm³/mol. The normalized spacial score (nSPS) is 11.4. The molecule has 0 radical (unpaired) electrons. The summed E-state index contributed by atoms with van der Waals surface area (Å²) in [6.07, 6.45) is 0. The number of carbonyl (C=O) groups is 1. The minimum absolute atomic E-state index is 0.145. The summed E-state index contributed by atoms with van der Waals surface area (Å²) in [7, 11) is -2.25. The summed E-state index contributed by atoms with van der Waals surface area (Å²) in [4.78, 5) is 11.0. The van der Waals surface area contributed by atoms with Gasteiger partial charge in [-0.2, -0.15) is 0 Å². The van der Waals surface area contributed by atoms with Gasteiger partial charge in [-0.25, -0.2) is 17.9 Å². The molecular formula is C12H17NO5S. The number of hydrogen-bond acceptors (Lipinski definition) is 5. The highest BCUT2D eigenvalue weighted by molar-refractivity contribution is 7.89. The molecule has 106 valence electrons. The first kappa shape index (κ1) is 15.5. The number of methoxy groups -OCH3 is 1. The topological polar surface area (TPSA) is 81.7 Å². The lowest BCUT2D eigenvalue weighted by Crippen LogP contribution is -2.30. The van der Waals surface area contributed by atoms with Gasteiger partial charge in [0, 0.05) is 6.04 Å². The Morgan fingerprint density at radius 3 is 2.32 bits per heavy atom. The van der Waals surface area contributed by atoms with Gasteiger partial charge >= 0.3 is 5.97 Å². The van der Waals surface area contributed by atoms with E-state index in [0.29, 0.717) is 5.75 Å². The van der Waals surface area contributed by atoms with Crippen LogP contribution in [0.1, 0.15) is 13.8 Å². The lowest BCUT2D eigenvalue weighted by molar-refractivity contribution is -0.142. The number of benzene rings is 1. The van der Waals surface area contributed by atoms with Crippen LogP contribution in [0.15, 0.2) is 29.2 Å². The lowest BCUT2D eigenvalue weighted by atomic mass is 10.3. The van der Waals surface area contributed by atoms with Crippen molar-refractivity contribution in [3.8, 4) is 5.75 Å². The first-order valence-electron chi connectivity index (χ1n) is 5.67. The van der Waals surface area contributed by atoms with Crippen molar-refractivity contribution in [2.24, 2.45) is 0 Å². The van der Waals surface area contributed by atoms with E-state index in [4.69, 9.17) is 4.74 Å². The second kappa shape index (κ2) is 6.53. The van der Waals surface area contributed by atoms with Crippen LogP contribution in [-0.2, 0) is 19.6 Å². The highest BCUT2D eigenvalue weighted by atomic mass is 32.2. The Hall–Kier alpha value is -1.60. The van der Waals surface area contributed by atoms with Crippen LogP contribution in [-0.4, -0.2) is 34.1 Å². The fraction of sp³-hybridized carbons (Fsp3) is 0.417. The minimum atomic E-state index is -3.51. The number of hydrogen-bond donors (Lipinski definition) is 1. The van der Waals surface area contributed by atoms with E-state index in [1.807, 2.05) is 0 Å². The van der Waals surface area contributed by atoms with Crippen molar-refractivity contribution < 1.29 is 22.7 Å². The van der Waals surface area contributed by atoms with Gasteiger partial charge in [-0.1, -0.05) is 0 Å². The Morgan fingerprint density at radius 2 is 1.84 bits per heavy atom. The van der Waals surface area contributed by atoms with Gasteiger partial charge in [-0.3, -0.25) is 0 Å².